The van der Waals surface area contributed by atoms with Crippen LogP contribution in [0.25, 0.3) is 22.6 Å². The molecule has 5 nitrogen and oxygen atoms in total. The van der Waals surface area contributed by atoms with Crippen molar-refractivity contribution in [3.8, 4) is 22.6 Å². The number of rotatable bonds is 5. The van der Waals surface area contributed by atoms with E-state index >= 15 is 0 Å². The molecule has 0 saturated carbocycles. The van der Waals surface area contributed by atoms with E-state index in [0.29, 0.717) is 17.2 Å². The highest BCUT2D eigenvalue weighted by atomic mass is 16.5. The summed E-state index contributed by atoms with van der Waals surface area (Å²) in [6.07, 6.45) is 0.865. The number of hydrogen-bond acceptors (Lipinski definition) is 5. The Morgan fingerprint density at radius 1 is 0.935 bits per heavy atom. The van der Waals surface area contributed by atoms with Crippen LogP contribution in [-0.2, 0) is 11.2 Å². The van der Waals surface area contributed by atoms with Crippen molar-refractivity contribution in [2.75, 3.05) is 6.61 Å². The van der Waals surface area contributed by atoms with Gasteiger partial charge in [-0.05, 0) is 53.8 Å². The lowest BCUT2D eigenvalue weighted by molar-refractivity contribution is 0.0468. The van der Waals surface area contributed by atoms with Crippen molar-refractivity contribution in [3.05, 3.63) is 101 Å². The molecule has 0 radical (unpaired) electrons. The van der Waals surface area contributed by atoms with Gasteiger partial charge < -0.3 is 9.15 Å². The summed E-state index contributed by atoms with van der Waals surface area (Å²) < 4.78 is 10.9. The molecule has 0 aliphatic heterocycles. The highest BCUT2D eigenvalue weighted by molar-refractivity contribution is 6.00. The van der Waals surface area contributed by atoms with Crippen molar-refractivity contribution in [2.24, 2.45) is 0 Å². The molecular weight excluding hydrogens is 390 g/mol. The van der Waals surface area contributed by atoms with Crippen LogP contribution in [0.15, 0.2) is 77.2 Å². The summed E-state index contributed by atoms with van der Waals surface area (Å²) in [5, 5.41) is 0. The molecule has 152 valence electrons. The highest BCUT2D eigenvalue weighted by Crippen LogP contribution is 2.36. The van der Waals surface area contributed by atoms with Gasteiger partial charge in [0, 0.05) is 11.1 Å². The number of hydrogen-bond donors (Lipinski definition) is 0. The number of oxazole rings is 1. The lowest BCUT2D eigenvalue weighted by atomic mass is 10.0. The molecule has 31 heavy (non-hydrogen) atoms. The molecule has 4 aromatic rings. The molecule has 0 fully saturated rings. The Morgan fingerprint density at radius 2 is 1.68 bits per heavy atom. The van der Waals surface area contributed by atoms with Crippen LogP contribution in [0.1, 0.15) is 37.7 Å². The summed E-state index contributed by atoms with van der Waals surface area (Å²) in [4.78, 5) is 29.4. The zero-order valence-electron chi connectivity index (χ0n) is 16.9. The highest BCUT2D eigenvalue weighted by Gasteiger charge is 2.22. The third-order valence-corrected chi connectivity index (χ3v) is 5.47. The zero-order chi connectivity index (χ0) is 21.4. The van der Waals surface area contributed by atoms with E-state index in [1.807, 2.05) is 54.6 Å². The smallest absolute Gasteiger partial charge is 0.361 e. The molecule has 5 heteroatoms. The minimum Gasteiger partial charge on any atom is -0.452 e. The summed E-state index contributed by atoms with van der Waals surface area (Å²) in [5.74, 6) is -0.243. The minimum atomic E-state index is -0.678. The van der Waals surface area contributed by atoms with E-state index in [1.54, 1.807) is 13.0 Å². The second-order valence-electron chi connectivity index (χ2n) is 7.49. The predicted molar refractivity (Wildman–Crippen MR) is 116 cm³/mol. The van der Waals surface area contributed by atoms with Gasteiger partial charge >= 0.3 is 5.97 Å². The summed E-state index contributed by atoms with van der Waals surface area (Å²) in [6.45, 7) is 1.29. The first-order valence-corrected chi connectivity index (χ1v) is 10.0. The second kappa shape index (κ2) is 7.69. The molecule has 0 N–H and O–H groups in total. The van der Waals surface area contributed by atoms with Gasteiger partial charge in [-0.15, -0.1) is 0 Å². The van der Waals surface area contributed by atoms with Crippen LogP contribution < -0.4 is 0 Å². The number of nitrogens with zero attached hydrogens (tertiary/aromatic N) is 1. The quantitative estimate of drug-likeness (QED) is 0.292. The number of carbonyl (C=O) groups excluding carboxylic acids is 2. The first kappa shape index (κ1) is 19.0. The van der Waals surface area contributed by atoms with Gasteiger partial charge in [-0.2, -0.15) is 0 Å². The lowest BCUT2D eigenvalue weighted by Crippen LogP contribution is -2.15. The topological polar surface area (TPSA) is 69.4 Å². The molecule has 5 rings (SSSR count). The van der Waals surface area contributed by atoms with E-state index in [0.717, 1.165) is 23.1 Å². The molecule has 0 amide bonds. The molecule has 1 aliphatic rings. The van der Waals surface area contributed by atoms with Crippen LogP contribution in [0.2, 0.25) is 0 Å². The van der Waals surface area contributed by atoms with E-state index in [9.17, 15) is 9.59 Å². The average molecular weight is 409 g/mol. The molecule has 1 aliphatic carbocycles. The molecule has 0 bridgehead atoms. The van der Waals surface area contributed by atoms with Gasteiger partial charge in [0.15, 0.2) is 18.1 Å². The van der Waals surface area contributed by atoms with Gasteiger partial charge in [0.25, 0.3) is 0 Å². The fourth-order valence-electron chi connectivity index (χ4n) is 3.87. The maximum absolute atomic E-state index is 12.7. The number of ether oxygens (including phenoxy) is 1. The number of carbonyl (C=O) groups is 2. The van der Waals surface area contributed by atoms with E-state index in [4.69, 9.17) is 9.15 Å². The maximum atomic E-state index is 12.7. The van der Waals surface area contributed by atoms with Crippen LogP contribution in [0.4, 0.5) is 0 Å². The van der Waals surface area contributed by atoms with Crippen molar-refractivity contribution in [1.29, 1.82) is 0 Å². The summed E-state index contributed by atoms with van der Waals surface area (Å²) in [6, 6.07) is 23.1. The van der Waals surface area contributed by atoms with Gasteiger partial charge in [-0.1, -0.05) is 54.6 Å². The van der Waals surface area contributed by atoms with Gasteiger partial charge in [-0.3, -0.25) is 4.79 Å². The van der Waals surface area contributed by atoms with Crippen molar-refractivity contribution in [2.45, 2.75) is 13.3 Å². The van der Waals surface area contributed by atoms with E-state index < -0.39 is 5.97 Å². The van der Waals surface area contributed by atoms with E-state index in [2.05, 4.69) is 17.1 Å². The molecule has 0 unspecified atom stereocenters. The minimum absolute atomic E-state index is 0.0783. The van der Waals surface area contributed by atoms with E-state index in [-0.39, 0.29) is 18.1 Å². The fraction of sp³-hybridized carbons (Fsp3) is 0.115. The van der Waals surface area contributed by atoms with Crippen LogP contribution in [0, 0.1) is 6.92 Å². The third-order valence-electron chi connectivity index (χ3n) is 5.47. The van der Waals surface area contributed by atoms with Crippen molar-refractivity contribution >= 4 is 11.8 Å². The van der Waals surface area contributed by atoms with Crippen molar-refractivity contribution < 1.29 is 18.7 Å². The number of benzene rings is 3. The first-order chi connectivity index (χ1) is 15.1. The van der Waals surface area contributed by atoms with Crippen LogP contribution >= 0.6 is 0 Å². The molecule has 0 saturated heterocycles. The fourth-order valence-corrected chi connectivity index (χ4v) is 3.87. The Balaban J connectivity index is 1.30. The zero-order valence-corrected chi connectivity index (χ0v) is 16.9. The summed E-state index contributed by atoms with van der Waals surface area (Å²) in [5.41, 5.74) is 6.02. The monoisotopic (exact) mass is 409 g/mol. The van der Waals surface area contributed by atoms with Gasteiger partial charge in [0.1, 0.15) is 5.76 Å². The van der Waals surface area contributed by atoms with Crippen LogP contribution in [0.3, 0.4) is 0 Å². The number of esters is 1. The summed E-state index contributed by atoms with van der Waals surface area (Å²) >= 11 is 0. The standard InChI is InChI=1S/C26H19NO4/c1-16-24(27-25(31-16)17-7-3-2-4-8-17)26(29)30-15-23(28)20-12-11-19-13-18-9-5-6-10-21(18)22(19)14-20/h2-12,14H,13,15H2,1H3. The number of aromatic nitrogens is 1. The van der Waals surface area contributed by atoms with Crippen LogP contribution in [-0.4, -0.2) is 23.3 Å². The molecule has 1 heterocycles. The molecule has 0 atom stereocenters. The third kappa shape index (κ3) is 3.55. The maximum Gasteiger partial charge on any atom is 0.361 e. The predicted octanol–water partition coefficient (Wildman–Crippen LogP) is 5.26. The Morgan fingerprint density at radius 3 is 2.52 bits per heavy atom. The molecule has 1 aromatic heterocycles. The number of ketones is 1. The molecular formula is C26H19NO4. The summed E-state index contributed by atoms with van der Waals surface area (Å²) in [7, 11) is 0. The Kier molecular flexibility index (Phi) is 4.71. The first-order valence-electron chi connectivity index (χ1n) is 10.0. The molecule has 0 spiro atoms. The Labute approximate surface area is 179 Å². The lowest BCUT2D eigenvalue weighted by Gasteiger charge is -2.06. The van der Waals surface area contributed by atoms with E-state index in [1.165, 1.54) is 11.1 Å². The van der Waals surface area contributed by atoms with Gasteiger partial charge in [0.05, 0.1) is 0 Å². The SMILES string of the molecule is Cc1oc(-c2ccccc2)nc1C(=O)OCC(=O)c1ccc2c(c1)-c1ccccc1C2. The average Bonchev–Trinajstić information content (AvgIpc) is 3.38. The number of Topliss-reactive ketones (excluding diaryl/α,β-unsaturated/α-hetero) is 1. The largest absolute Gasteiger partial charge is 0.452 e. The van der Waals surface area contributed by atoms with Crippen LogP contribution in [0.5, 0.6) is 0 Å². The molecule has 3 aromatic carbocycles. The second-order valence-corrected chi connectivity index (χ2v) is 7.49. The Bertz CT molecular complexity index is 1300. The number of fused-ring (bicyclic) bond motifs is 3. The normalized spacial score (nSPS) is 11.6. The number of aryl methyl sites for hydroxylation is 1. The van der Waals surface area contributed by atoms with Crippen molar-refractivity contribution in [3.63, 3.8) is 0 Å². The van der Waals surface area contributed by atoms with Gasteiger partial charge in [0.2, 0.25) is 5.89 Å². The van der Waals surface area contributed by atoms with Gasteiger partial charge in [-0.25, -0.2) is 9.78 Å². The Hall–Kier alpha value is -3.99. The van der Waals surface area contributed by atoms with Crippen molar-refractivity contribution in [1.82, 2.24) is 4.98 Å².